The minimum atomic E-state index is 0.438. The van der Waals surface area contributed by atoms with Gasteiger partial charge in [-0.25, -0.2) is 0 Å². The average molecular weight is 403 g/mol. The topological polar surface area (TPSA) is 20.2 Å². The van der Waals surface area contributed by atoms with Crippen molar-refractivity contribution in [3.63, 3.8) is 0 Å². The fourth-order valence-electron chi connectivity index (χ4n) is 9.58. The summed E-state index contributed by atoms with van der Waals surface area (Å²) in [7, 11) is 0. The van der Waals surface area contributed by atoms with Crippen molar-refractivity contribution in [1.82, 2.24) is 0 Å². The summed E-state index contributed by atoms with van der Waals surface area (Å²) >= 11 is 0. The lowest BCUT2D eigenvalue weighted by Crippen LogP contribution is -2.51. The van der Waals surface area contributed by atoms with Crippen molar-refractivity contribution in [3.8, 4) is 0 Å². The molecule has 0 spiro atoms. The predicted molar refractivity (Wildman–Crippen MR) is 124 cm³/mol. The smallest absolute Gasteiger partial charge is 0.0462 e. The Morgan fingerprint density at radius 1 is 0.759 bits per heavy atom. The number of aliphatic hydroxyl groups is 1. The summed E-state index contributed by atoms with van der Waals surface area (Å²) in [5.74, 6) is 7.91. The van der Waals surface area contributed by atoms with E-state index < -0.39 is 0 Å². The first-order valence-electron chi connectivity index (χ1n) is 13.3. The maximum absolute atomic E-state index is 9.93. The van der Waals surface area contributed by atoms with Crippen LogP contribution in [-0.4, -0.2) is 11.7 Å². The Kier molecular flexibility index (Phi) is 6.22. The molecular weight excluding hydrogens is 352 g/mol. The third kappa shape index (κ3) is 3.54. The minimum absolute atomic E-state index is 0.438. The Hall–Kier alpha value is -0.0400. The van der Waals surface area contributed by atoms with E-state index in [2.05, 4.69) is 41.5 Å². The Labute approximate surface area is 181 Å². The van der Waals surface area contributed by atoms with Crippen molar-refractivity contribution in [2.45, 2.75) is 106 Å². The first-order valence-corrected chi connectivity index (χ1v) is 13.3. The van der Waals surface area contributed by atoms with Crippen molar-refractivity contribution in [3.05, 3.63) is 0 Å². The molecule has 1 N–H and O–H groups in total. The highest BCUT2D eigenvalue weighted by atomic mass is 16.3. The Morgan fingerprint density at radius 3 is 2.10 bits per heavy atom. The Bertz CT molecular complexity index is 569. The third-order valence-electron chi connectivity index (χ3n) is 11.8. The maximum Gasteiger partial charge on any atom is 0.0462 e. The van der Waals surface area contributed by atoms with Crippen LogP contribution < -0.4 is 0 Å². The van der Waals surface area contributed by atoms with Gasteiger partial charge in [0.05, 0.1) is 0 Å². The van der Waals surface area contributed by atoms with Crippen LogP contribution in [0.4, 0.5) is 0 Å². The quantitative estimate of drug-likeness (QED) is 0.485. The highest BCUT2D eigenvalue weighted by Gasteiger charge is 2.61. The molecule has 0 aromatic carbocycles. The van der Waals surface area contributed by atoms with Gasteiger partial charge in [-0.15, -0.1) is 0 Å². The Morgan fingerprint density at radius 2 is 1.41 bits per heavy atom. The van der Waals surface area contributed by atoms with Gasteiger partial charge < -0.3 is 5.11 Å². The van der Waals surface area contributed by atoms with Gasteiger partial charge >= 0.3 is 0 Å². The fraction of sp³-hybridized carbons (Fsp3) is 1.00. The van der Waals surface area contributed by atoms with E-state index in [0.29, 0.717) is 23.4 Å². The standard InChI is InChI=1S/C28H50O/c1-18(2)19(3)7-8-20(4)23-11-12-25-22-9-10-24-21(17-29)13-15-28(24,6)26(22)14-16-27(23,25)5/h18-26,29H,7-17H2,1-6H3. The molecule has 4 saturated carbocycles. The zero-order chi connectivity index (χ0) is 21.0. The largest absolute Gasteiger partial charge is 0.396 e. The summed E-state index contributed by atoms with van der Waals surface area (Å²) < 4.78 is 0. The lowest BCUT2D eigenvalue weighted by atomic mass is 9.46. The number of aliphatic hydroxyl groups excluding tert-OH is 1. The van der Waals surface area contributed by atoms with Gasteiger partial charge in [0.2, 0.25) is 0 Å². The van der Waals surface area contributed by atoms with Gasteiger partial charge in [0, 0.05) is 6.61 Å². The van der Waals surface area contributed by atoms with Crippen LogP contribution in [0.1, 0.15) is 106 Å². The van der Waals surface area contributed by atoms with E-state index in [0.717, 1.165) is 47.3 Å². The van der Waals surface area contributed by atoms with E-state index in [4.69, 9.17) is 0 Å². The zero-order valence-electron chi connectivity index (χ0n) is 20.4. The third-order valence-corrected chi connectivity index (χ3v) is 11.8. The molecule has 1 heteroatoms. The van der Waals surface area contributed by atoms with Crippen LogP contribution in [0.5, 0.6) is 0 Å². The molecule has 0 aromatic rings. The fourth-order valence-corrected chi connectivity index (χ4v) is 9.58. The van der Waals surface area contributed by atoms with E-state index >= 15 is 0 Å². The molecule has 0 aliphatic heterocycles. The first-order chi connectivity index (χ1) is 13.7. The van der Waals surface area contributed by atoms with E-state index in [9.17, 15) is 5.11 Å². The second-order valence-electron chi connectivity index (χ2n) is 13.1. The van der Waals surface area contributed by atoms with Crippen molar-refractivity contribution in [1.29, 1.82) is 0 Å². The molecule has 10 unspecified atom stereocenters. The molecule has 4 rings (SSSR count). The predicted octanol–water partition coefficient (Wildman–Crippen LogP) is 7.57. The maximum atomic E-state index is 9.93. The molecule has 0 saturated heterocycles. The van der Waals surface area contributed by atoms with E-state index in [1.807, 2.05) is 0 Å². The average Bonchev–Trinajstić information content (AvgIpc) is 3.22. The first kappa shape index (κ1) is 22.2. The number of hydrogen-bond donors (Lipinski definition) is 1. The summed E-state index contributed by atoms with van der Waals surface area (Å²) in [4.78, 5) is 0. The lowest BCUT2D eigenvalue weighted by Gasteiger charge is -2.58. The summed E-state index contributed by atoms with van der Waals surface area (Å²) in [5.41, 5.74) is 1.15. The molecule has 0 heterocycles. The monoisotopic (exact) mass is 402 g/mol. The molecule has 4 aliphatic carbocycles. The molecule has 0 amide bonds. The molecular formula is C28H50O. The van der Waals surface area contributed by atoms with Gasteiger partial charge in [-0.2, -0.15) is 0 Å². The summed E-state index contributed by atoms with van der Waals surface area (Å²) in [6, 6.07) is 0. The van der Waals surface area contributed by atoms with Crippen molar-refractivity contribution in [2.24, 2.45) is 64.1 Å². The van der Waals surface area contributed by atoms with Gasteiger partial charge in [-0.1, -0.05) is 54.4 Å². The zero-order valence-corrected chi connectivity index (χ0v) is 20.4. The molecule has 0 bridgehead atoms. The molecule has 168 valence electrons. The summed E-state index contributed by atoms with van der Waals surface area (Å²) in [6.07, 6.45) is 14.4. The lowest BCUT2D eigenvalue weighted by molar-refractivity contribution is -0.0976. The molecule has 4 aliphatic rings. The van der Waals surface area contributed by atoms with Crippen LogP contribution in [0.3, 0.4) is 0 Å². The molecule has 10 atom stereocenters. The SMILES string of the molecule is CC(C)C(C)CCC(C)C1CCC2C3CCC4C(CO)CCC4(C)C3CCC12C. The summed E-state index contributed by atoms with van der Waals surface area (Å²) in [5, 5.41) is 9.93. The van der Waals surface area contributed by atoms with E-state index in [1.54, 1.807) is 0 Å². The summed E-state index contributed by atoms with van der Waals surface area (Å²) in [6.45, 7) is 15.6. The van der Waals surface area contributed by atoms with Crippen molar-refractivity contribution >= 4 is 0 Å². The molecule has 1 nitrogen and oxygen atoms in total. The van der Waals surface area contributed by atoms with Crippen LogP contribution >= 0.6 is 0 Å². The van der Waals surface area contributed by atoms with Crippen molar-refractivity contribution < 1.29 is 5.11 Å². The van der Waals surface area contributed by atoms with Gasteiger partial charge in [0.25, 0.3) is 0 Å². The van der Waals surface area contributed by atoms with E-state index in [-0.39, 0.29) is 0 Å². The van der Waals surface area contributed by atoms with Crippen LogP contribution in [0, 0.1) is 64.1 Å². The molecule has 4 fully saturated rings. The van der Waals surface area contributed by atoms with Crippen LogP contribution in [0.25, 0.3) is 0 Å². The van der Waals surface area contributed by atoms with Gasteiger partial charge in [-0.3, -0.25) is 0 Å². The highest BCUT2D eigenvalue weighted by molar-refractivity contribution is 5.10. The number of rotatable bonds is 6. The van der Waals surface area contributed by atoms with Gasteiger partial charge in [0.1, 0.15) is 0 Å². The molecule has 29 heavy (non-hydrogen) atoms. The van der Waals surface area contributed by atoms with Crippen LogP contribution in [0.2, 0.25) is 0 Å². The molecule has 0 aromatic heterocycles. The van der Waals surface area contributed by atoms with Crippen LogP contribution in [0.15, 0.2) is 0 Å². The Balaban J connectivity index is 1.46. The normalized spacial score (nSPS) is 48.8. The number of fused-ring (bicyclic) bond motifs is 5. The number of hydrogen-bond acceptors (Lipinski definition) is 1. The highest BCUT2D eigenvalue weighted by Crippen LogP contribution is 2.69. The van der Waals surface area contributed by atoms with Crippen LogP contribution in [-0.2, 0) is 0 Å². The molecule has 0 radical (unpaired) electrons. The van der Waals surface area contributed by atoms with E-state index in [1.165, 1.54) is 64.2 Å². The second kappa shape index (κ2) is 8.14. The minimum Gasteiger partial charge on any atom is -0.396 e. The van der Waals surface area contributed by atoms with Gasteiger partial charge in [-0.05, 0) is 115 Å². The van der Waals surface area contributed by atoms with Crippen molar-refractivity contribution in [2.75, 3.05) is 6.61 Å². The van der Waals surface area contributed by atoms with Gasteiger partial charge in [0.15, 0.2) is 0 Å². The second-order valence-corrected chi connectivity index (χ2v) is 13.1.